The summed E-state index contributed by atoms with van der Waals surface area (Å²) in [6, 6.07) is 7.71. The minimum Gasteiger partial charge on any atom is -0.507 e. The summed E-state index contributed by atoms with van der Waals surface area (Å²) in [7, 11) is 1.54. The Morgan fingerprint density at radius 3 is 2.74 bits per heavy atom. The van der Waals surface area contributed by atoms with E-state index in [4.69, 9.17) is 4.74 Å². The van der Waals surface area contributed by atoms with E-state index in [2.05, 4.69) is 4.90 Å². The average Bonchev–Trinajstić information content (AvgIpc) is 2.64. The van der Waals surface area contributed by atoms with Gasteiger partial charge in [0.15, 0.2) is 0 Å². The molecular formula is C20H22F2N2O3. The Morgan fingerprint density at radius 2 is 2.04 bits per heavy atom. The summed E-state index contributed by atoms with van der Waals surface area (Å²) in [5.41, 5.74) is 1.02. The lowest BCUT2D eigenvalue weighted by Crippen LogP contribution is -2.47. The van der Waals surface area contributed by atoms with E-state index in [1.165, 1.54) is 12.1 Å². The Bertz CT molecular complexity index is 913. The molecule has 2 aliphatic heterocycles. The number of aromatic nitrogens is 1. The van der Waals surface area contributed by atoms with Gasteiger partial charge in [0.1, 0.15) is 11.5 Å². The highest BCUT2D eigenvalue weighted by molar-refractivity contribution is 5.39. The lowest BCUT2D eigenvalue weighted by Gasteiger charge is -2.43. The third-order valence-corrected chi connectivity index (χ3v) is 5.62. The first-order chi connectivity index (χ1) is 13.0. The summed E-state index contributed by atoms with van der Waals surface area (Å²) >= 11 is 0. The van der Waals surface area contributed by atoms with Crippen molar-refractivity contribution in [1.29, 1.82) is 0 Å². The maximum Gasteiger partial charge on any atom is 0.265 e. The smallest absolute Gasteiger partial charge is 0.265 e. The van der Waals surface area contributed by atoms with Crippen molar-refractivity contribution in [3.63, 3.8) is 0 Å². The first kappa shape index (κ1) is 18.0. The van der Waals surface area contributed by atoms with Crippen LogP contribution in [0.3, 0.4) is 0 Å². The summed E-state index contributed by atoms with van der Waals surface area (Å²) in [6.45, 7) is 2.36. The van der Waals surface area contributed by atoms with Crippen LogP contribution in [-0.4, -0.2) is 34.8 Å². The second kappa shape index (κ2) is 6.96. The summed E-state index contributed by atoms with van der Waals surface area (Å²) < 4.78 is 33.7. The second-order valence-corrected chi connectivity index (χ2v) is 7.41. The van der Waals surface area contributed by atoms with Gasteiger partial charge in [0.25, 0.3) is 12.0 Å². The van der Waals surface area contributed by atoms with Gasteiger partial charge in [-0.05, 0) is 24.5 Å². The number of alkyl halides is 2. The number of fused-ring (bicyclic) bond motifs is 4. The Kier molecular flexibility index (Phi) is 4.63. The number of ether oxygens (including phenoxy) is 1. The van der Waals surface area contributed by atoms with E-state index in [1.54, 1.807) is 23.8 Å². The number of methoxy groups -OCH3 is 1. The van der Waals surface area contributed by atoms with Crippen LogP contribution in [-0.2, 0) is 13.1 Å². The second-order valence-electron chi connectivity index (χ2n) is 7.41. The van der Waals surface area contributed by atoms with E-state index >= 15 is 0 Å². The highest BCUT2D eigenvalue weighted by Gasteiger charge is 2.37. The maximum absolute atomic E-state index is 13.5. The van der Waals surface area contributed by atoms with Crippen molar-refractivity contribution in [3.05, 3.63) is 57.5 Å². The number of hydrogen-bond acceptors (Lipinski definition) is 4. The van der Waals surface area contributed by atoms with Crippen LogP contribution in [0.5, 0.6) is 11.5 Å². The number of rotatable bonds is 4. The molecule has 4 rings (SSSR count). The fourth-order valence-corrected chi connectivity index (χ4v) is 4.51. The van der Waals surface area contributed by atoms with Gasteiger partial charge in [-0.1, -0.05) is 6.07 Å². The molecule has 1 saturated heterocycles. The van der Waals surface area contributed by atoms with Gasteiger partial charge in [-0.2, -0.15) is 0 Å². The van der Waals surface area contributed by atoms with Gasteiger partial charge >= 0.3 is 0 Å². The normalized spacial score (nSPS) is 21.9. The number of halogens is 2. The third-order valence-electron chi connectivity index (χ3n) is 5.62. The van der Waals surface area contributed by atoms with Gasteiger partial charge in [-0.25, -0.2) is 8.78 Å². The minimum absolute atomic E-state index is 0.0350. The summed E-state index contributed by atoms with van der Waals surface area (Å²) in [4.78, 5) is 14.4. The quantitative estimate of drug-likeness (QED) is 0.891. The Balaban J connectivity index is 1.61. The number of likely N-dealkylation sites (tertiary alicyclic amines) is 1. The zero-order valence-corrected chi connectivity index (χ0v) is 15.1. The maximum atomic E-state index is 13.5. The van der Waals surface area contributed by atoms with Crippen molar-refractivity contribution in [1.82, 2.24) is 9.47 Å². The first-order valence-electron chi connectivity index (χ1n) is 9.06. The predicted molar refractivity (Wildman–Crippen MR) is 96.4 cm³/mol. The van der Waals surface area contributed by atoms with Crippen LogP contribution in [0.2, 0.25) is 0 Å². The molecule has 2 aromatic rings. The molecule has 0 spiro atoms. The summed E-state index contributed by atoms with van der Waals surface area (Å²) in [5.74, 6) is 0.884. The molecule has 0 amide bonds. The number of aromatic hydroxyl groups is 1. The van der Waals surface area contributed by atoms with Gasteiger partial charge in [-0.15, -0.1) is 0 Å². The molecule has 7 heteroatoms. The summed E-state index contributed by atoms with van der Waals surface area (Å²) in [5, 5.41) is 10.2. The molecule has 0 radical (unpaired) electrons. The molecule has 0 aliphatic carbocycles. The molecular weight excluding hydrogens is 354 g/mol. The molecule has 1 N–H and O–H groups in total. The van der Waals surface area contributed by atoms with Crippen LogP contribution in [0.4, 0.5) is 8.78 Å². The minimum atomic E-state index is -2.59. The van der Waals surface area contributed by atoms with Crippen LogP contribution in [0.15, 0.2) is 35.1 Å². The number of pyridine rings is 1. The lowest BCUT2D eigenvalue weighted by atomic mass is 9.81. The van der Waals surface area contributed by atoms with Crippen molar-refractivity contribution in [3.8, 4) is 11.5 Å². The van der Waals surface area contributed by atoms with E-state index in [0.29, 0.717) is 31.1 Å². The number of phenols is 1. The SMILES string of the molecule is COc1ccc(CN2C[C@H]3C[C@H](C2)c2c(C(F)F)ccc(=O)n2C3)c(O)c1. The van der Waals surface area contributed by atoms with Crippen molar-refractivity contribution in [2.24, 2.45) is 5.92 Å². The fourth-order valence-electron chi connectivity index (χ4n) is 4.51. The van der Waals surface area contributed by atoms with Gasteiger partial charge in [-0.3, -0.25) is 9.69 Å². The molecule has 5 nitrogen and oxygen atoms in total. The molecule has 2 aliphatic rings. The summed E-state index contributed by atoms with van der Waals surface area (Å²) in [6.07, 6.45) is -1.78. The zero-order chi connectivity index (χ0) is 19.1. The predicted octanol–water partition coefficient (Wildman–Crippen LogP) is 3.12. The van der Waals surface area contributed by atoms with Gasteiger partial charge in [0.2, 0.25) is 0 Å². The molecule has 27 heavy (non-hydrogen) atoms. The van der Waals surface area contributed by atoms with E-state index in [-0.39, 0.29) is 28.7 Å². The van der Waals surface area contributed by atoms with Crippen LogP contribution in [0.25, 0.3) is 0 Å². The topological polar surface area (TPSA) is 54.7 Å². The molecule has 1 aromatic heterocycles. The van der Waals surface area contributed by atoms with Crippen molar-refractivity contribution in [2.45, 2.75) is 31.9 Å². The van der Waals surface area contributed by atoms with Crippen molar-refractivity contribution >= 4 is 0 Å². The van der Waals surface area contributed by atoms with Crippen molar-refractivity contribution in [2.75, 3.05) is 20.2 Å². The monoisotopic (exact) mass is 376 g/mol. The van der Waals surface area contributed by atoms with Crippen LogP contribution < -0.4 is 10.3 Å². The third kappa shape index (κ3) is 3.32. The number of phenolic OH excluding ortho intramolecular Hbond substituents is 1. The lowest BCUT2D eigenvalue weighted by molar-refractivity contribution is 0.104. The van der Waals surface area contributed by atoms with Gasteiger partial charge in [0.05, 0.1) is 7.11 Å². The first-order valence-corrected chi connectivity index (χ1v) is 9.06. The number of piperidine rings is 1. The number of benzene rings is 1. The largest absolute Gasteiger partial charge is 0.507 e. The highest BCUT2D eigenvalue weighted by Crippen LogP contribution is 2.40. The molecule has 2 bridgehead atoms. The Hall–Kier alpha value is -2.41. The zero-order valence-electron chi connectivity index (χ0n) is 15.1. The van der Waals surface area contributed by atoms with Crippen LogP contribution in [0, 0.1) is 5.92 Å². The van der Waals surface area contributed by atoms with E-state index in [9.17, 15) is 18.7 Å². The molecule has 1 aromatic carbocycles. The Labute approximate surface area is 155 Å². The van der Waals surface area contributed by atoms with Crippen LogP contribution >= 0.6 is 0 Å². The van der Waals surface area contributed by atoms with Gasteiger partial charge < -0.3 is 14.4 Å². The fraction of sp³-hybridized carbons (Fsp3) is 0.450. The molecule has 2 atom stereocenters. The molecule has 1 fully saturated rings. The number of hydrogen-bond donors (Lipinski definition) is 1. The Morgan fingerprint density at radius 1 is 1.22 bits per heavy atom. The van der Waals surface area contributed by atoms with Gasteiger partial charge in [0, 0.05) is 61.1 Å². The highest BCUT2D eigenvalue weighted by atomic mass is 19.3. The molecule has 0 saturated carbocycles. The number of nitrogens with zero attached hydrogens (tertiary/aromatic N) is 2. The van der Waals surface area contributed by atoms with E-state index in [0.717, 1.165) is 18.5 Å². The standard InChI is InChI=1S/C20H22F2N2O3/c1-27-15-3-2-13(17(25)7-15)10-23-8-12-6-14(11-23)19-16(20(21)22)4-5-18(26)24(19)9-12/h2-5,7,12,14,20,25H,6,8-11H2,1H3/t12-,14-/m1/s1. The van der Waals surface area contributed by atoms with Crippen molar-refractivity contribution < 1.29 is 18.6 Å². The van der Waals surface area contributed by atoms with Crippen LogP contribution in [0.1, 0.15) is 35.6 Å². The molecule has 0 unspecified atom stereocenters. The molecule has 144 valence electrons. The average molecular weight is 376 g/mol. The van der Waals surface area contributed by atoms with E-state index < -0.39 is 6.43 Å². The van der Waals surface area contributed by atoms with E-state index in [1.807, 2.05) is 6.07 Å². The molecule has 3 heterocycles.